The van der Waals surface area contributed by atoms with Gasteiger partial charge < -0.3 is 14.5 Å². The number of aromatic nitrogens is 2. The predicted molar refractivity (Wildman–Crippen MR) is 84.2 cm³/mol. The second kappa shape index (κ2) is 5.99. The molecule has 110 valence electrons. The Balaban J connectivity index is 1.62. The molecule has 0 N–H and O–H groups in total. The van der Waals surface area contributed by atoms with Crippen LogP contribution in [-0.4, -0.2) is 43.5 Å². The molecule has 1 aliphatic heterocycles. The Hall–Kier alpha value is -2.30. The molecule has 2 aromatic rings. The van der Waals surface area contributed by atoms with E-state index in [9.17, 15) is 0 Å². The van der Waals surface area contributed by atoms with Crippen molar-refractivity contribution in [2.45, 2.75) is 6.92 Å². The molecule has 0 bridgehead atoms. The third kappa shape index (κ3) is 3.07. The van der Waals surface area contributed by atoms with Crippen molar-refractivity contribution in [3.63, 3.8) is 0 Å². The Morgan fingerprint density at radius 3 is 2.10 bits per heavy atom. The molecule has 0 saturated carbocycles. The fourth-order valence-electron chi connectivity index (χ4n) is 2.55. The van der Waals surface area contributed by atoms with Crippen LogP contribution in [-0.2, 0) is 0 Å². The topological polar surface area (TPSA) is 41.5 Å². The van der Waals surface area contributed by atoms with Crippen LogP contribution >= 0.6 is 0 Å². The summed E-state index contributed by atoms with van der Waals surface area (Å²) in [5.41, 5.74) is 2.20. The largest absolute Gasteiger partial charge is 0.497 e. The van der Waals surface area contributed by atoms with Crippen molar-refractivity contribution < 1.29 is 4.74 Å². The first-order valence-electron chi connectivity index (χ1n) is 7.20. The zero-order chi connectivity index (χ0) is 14.7. The van der Waals surface area contributed by atoms with Crippen molar-refractivity contribution >= 4 is 11.5 Å². The van der Waals surface area contributed by atoms with Gasteiger partial charge in [0, 0.05) is 31.9 Å². The van der Waals surface area contributed by atoms with Gasteiger partial charge in [0.2, 0.25) is 0 Å². The molecule has 1 saturated heterocycles. The van der Waals surface area contributed by atoms with E-state index in [1.807, 2.05) is 31.2 Å². The normalized spacial score (nSPS) is 15.1. The molecule has 2 heterocycles. The van der Waals surface area contributed by atoms with E-state index >= 15 is 0 Å². The SMILES string of the molecule is COc1ccc(N2CCN(c3ccc(C)nn3)CC2)cc1. The summed E-state index contributed by atoms with van der Waals surface area (Å²) in [5.74, 6) is 1.86. The van der Waals surface area contributed by atoms with Crippen LogP contribution in [0.4, 0.5) is 11.5 Å². The molecule has 21 heavy (non-hydrogen) atoms. The van der Waals surface area contributed by atoms with Crippen LogP contribution in [0.3, 0.4) is 0 Å². The zero-order valence-corrected chi connectivity index (χ0v) is 12.5. The van der Waals surface area contributed by atoms with E-state index in [1.54, 1.807) is 7.11 Å². The summed E-state index contributed by atoms with van der Waals surface area (Å²) >= 11 is 0. The molecule has 1 aromatic carbocycles. The van der Waals surface area contributed by atoms with Gasteiger partial charge in [-0.15, -0.1) is 5.10 Å². The summed E-state index contributed by atoms with van der Waals surface area (Å²) in [4.78, 5) is 4.67. The van der Waals surface area contributed by atoms with Crippen LogP contribution in [0.5, 0.6) is 5.75 Å². The van der Waals surface area contributed by atoms with Crippen LogP contribution < -0.4 is 14.5 Å². The lowest BCUT2D eigenvalue weighted by Gasteiger charge is -2.36. The molecule has 1 aliphatic rings. The van der Waals surface area contributed by atoms with E-state index in [0.717, 1.165) is 43.4 Å². The van der Waals surface area contributed by atoms with Crippen LogP contribution in [0.2, 0.25) is 0 Å². The summed E-state index contributed by atoms with van der Waals surface area (Å²) in [7, 11) is 1.69. The van der Waals surface area contributed by atoms with Gasteiger partial charge in [0.1, 0.15) is 5.75 Å². The number of hydrogen-bond donors (Lipinski definition) is 0. The van der Waals surface area contributed by atoms with Crippen LogP contribution in [0.15, 0.2) is 36.4 Å². The minimum absolute atomic E-state index is 0.896. The lowest BCUT2D eigenvalue weighted by molar-refractivity contribution is 0.415. The summed E-state index contributed by atoms with van der Waals surface area (Å²) in [6.45, 7) is 5.86. The molecule has 5 nitrogen and oxygen atoms in total. The molecule has 0 atom stereocenters. The van der Waals surface area contributed by atoms with Crippen molar-refractivity contribution in [3.8, 4) is 5.75 Å². The molecule has 3 rings (SSSR count). The highest BCUT2D eigenvalue weighted by Crippen LogP contribution is 2.21. The number of piperazine rings is 1. The summed E-state index contributed by atoms with van der Waals surface area (Å²) < 4.78 is 5.20. The molecule has 0 unspecified atom stereocenters. The van der Waals surface area contributed by atoms with Gasteiger partial charge in [-0.3, -0.25) is 0 Å². The van der Waals surface area contributed by atoms with Crippen molar-refractivity contribution in [1.29, 1.82) is 0 Å². The fraction of sp³-hybridized carbons (Fsp3) is 0.375. The smallest absolute Gasteiger partial charge is 0.151 e. The fourth-order valence-corrected chi connectivity index (χ4v) is 2.55. The average Bonchev–Trinajstić information content (AvgIpc) is 2.56. The lowest BCUT2D eigenvalue weighted by Crippen LogP contribution is -2.46. The number of aryl methyl sites for hydroxylation is 1. The number of rotatable bonds is 3. The molecular formula is C16H20N4O. The predicted octanol–water partition coefficient (Wildman–Crippen LogP) is 2.12. The third-order valence-electron chi connectivity index (χ3n) is 3.83. The molecular weight excluding hydrogens is 264 g/mol. The quantitative estimate of drug-likeness (QED) is 0.863. The second-order valence-corrected chi connectivity index (χ2v) is 5.21. The Morgan fingerprint density at radius 1 is 0.857 bits per heavy atom. The van der Waals surface area contributed by atoms with Crippen LogP contribution in [0.1, 0.15) is 5.69 Å². The highest BCUT2D eigenvalue weighted by Gasteiger charge is 2.18. The maximum absolute atomic E-state index is 5.20. The standard InChI is InChI=1S/C16H20N4O/c1-13-3-8-16(18-17-13)20-11-9-19(10-12-20)14-4-6-15(21-2)7-5-14/h3-8H,9-12H2,1-2H3. The van der Waals surface area contributed by atoms with Gasteiger partial charge in [-0.1, -0.05) is 0 Å². The van der Waals surface area contributed by atoms with Crippen molar-refractivity contribution in [3.05, 3.63) is 42.1 Å². The Morgan fingerprint density at radius 2 is 1.52 bits per heavy atom. The number of hydrogen-bond acceptors (Lipinski definition) is 5. The maximum Gasteiger partial charge on any atom is 0.151 e. The van der Waals surface area contributed by atoms with E-state index in [4.69, 9.17) is 4.74 Å². The number of benzene rings is 1. The highest BCUT2D eigenvalue weighted by atomic mass is 16.5. The van der Waals surface area contributed by atoms with E-state index in [1.165, 1.54) is 5.69 Å². The minimum atomic E-state index is 0.896. The first-order valence-corrected chi connectivity index (χ1v) is 7.20. The summed E-state index contributed by atoms with van der Waals surface area (Å²) in [6.07, 6.45) is 0. The van der Waals surface area contributed by atoms with Crippen molar-refractivity contribution in [1.82, 2.24) is 10.2 Å². The number of ether oxygens (including phenoxy) is 1. The number of nitrogens with zero attached hydrogens (tertiary/aromatic N) is 4. The second-order valence-electron chi connectivity index (χ2n) is 5.21. The first-order chi connectivity index (χ1) is 10.3. The van der Waals surface area contributed by atoms with E-state index < -0.39 is 0 Å². The Labute approximate surface area is 125 Å². The van der Waals surface area contributed by atoms with Crippen molar-refractivity contribution in [2.75, 3.05) is 43.1 Å². The maximum atomic E-state index is 5.20. The molecule has 1 fully saturated rings. The molecule has 1 aromatic heterocycles. The minimum Gasteiger partial charge on any atom is -0.497 e. The van der Waals surface area contributed by atoms with Gasteiger partial charge in [-0.05, 0) is 43.3 Å². The van der Waals surface area contributed by atoms with Gasteiger partial charge >= 0.3 is 0 Å². The number of methoxy groups -OCH3 is 1. The van der Waals surface area contributed by atoms with Gasteiger partial charge in [-0.2, -0.15) is 5.10 Å². The summed E-state index contributed by atoms with van der Waals surface area (Å²) in [6, 6.07) is 12.3. The zero-order valence-electron chi connectivity index (χ0n) is 12.5. The van der Waals surface area contributed by atoms with E-state index in [0.29, 0.717) is 0 Å². The van der Waals surface area contributed by atoms with Gasteiger partial charge in [0.05, 0.1) is 12.8 Å². The average molecular weight is 284 g/mol. The van der Waals surface area contributed by atoms with Crippen LogP contribution in [0, 0.1) is 6.92 Å². The monoisotopic (exact) mass is 284 g/mol. The molecule has 0 radical (unpaired) electrons. The van der Waals surface area contributed by atoms with Gasteiger partial charge in [0.25, 0.3) is 0 Å². The molecule has 5 heteroatoms. The van der Waals surface area contributed by atoms with Gasteiger partial charge in [-0.25, -0.2) is 0 Å². The van der Waals surface area contributed by atoms with Gasteiger partial charge in [0.15, 0.2) is 5.82 Å². The molecule has 0 aliphatic carbocycles. The van der Waals surface area contributed by atoms with Crippen LogP contribution in [0.25, 0.3) is 0 Å². The lowest BCUT2D eigenvalue weighted by atomic mass is 10.2. The van der Waals surface area contributed by atoms with Crippen molar-refractivity contribution in [2.24, 2.45) is 0 Å². The van der Waals surface area contributed by atoms with E-state index in [2.05, 4.69) is 32.1 Å². The first kappa shape index (κ1) is 13.7. The number of anilines is 2. The third-order valence-corrected chi connectivity index (χ3v) is 3.83. The molecule has 0 amide bonds. The highest BCUT2D eigenvalue weighted by molar-refractivity contribution is 5.51. The summed E-state index contributed by atoms with van der Waals surface area (Å²) in [5, 5.41) is 8.39. The van der Waals surface area contributed by atoms with E-state index in [-0.39, 0.29) is 0 Å². The Bertz CT molecular complexity index is 574. The molecule has 0 spiro atoms. The Kier molecular flexibility index (Phi) is 3.90.